The maximum absolute atomic E-state index is 12.5. The maximum atomic E-state index is 12.5. The Morgan fingerprint density at radius 3 is 2.52 bits per heavy atom. The normalized spacial score (nSPS) is 17.0. The van der Waals surface area contributed by atoms with Crippen LogP contribution in [-0.4, -0.2) is 74.9 Å². The van der Waals surface area contributed by atoms with E-state index in [9.17, 15) is 13.2 Å². The van der Waals surface area contributed by atoms with E-state index in [4.69, 9.17) is 5.73 Å². The van der Waals surface area contributed by atoms with Crippen molar-refractivity contribution in [3.05, 3.63) is 35.9 Å². The second kappa shape index (κ2) is 11.6. The van der Waals surface area contributed by atoms with Gasteiger partial charge in [0.2, 0.25) is 5.91 Å². The summed E-state index contributed by atoms with van der Waals surface area (Å²) in [5, 5.41) is 0. The van der Waals surface area contributed by atoms with Crippen LogP contribution in [0.5, 0.6) is 0 Å². The lowest BCUT2D eigenvalue weighted by atomic mass is 10.1. The number of sulfone groups is 1. The number of amides is 1. The number of rotatable bonds is 8. The van der Waals surface area contributed by atoms with E-state index in [1.807, 2.05) is 6.07 Å². The van der Waals surface area contributed by atoms with Crippen LogP contribution in [0, 0.1) is 0 Å². The molecular formula is C19H32ClN3O3S. The first-order valence-corrected chi connectivity index (χ1v) is 11.4. The van der Waals surface area contributed by atoms with Crippen LogP contribution in [0.2, 0.25) is 0 Å². The number of hydrogen-bond acceptors (Lipinski definition) is 5. The minimum atomic E-state index is -3.09. The minimum Gasteiger partial charge on any atom is -0.340 e. The number of carbonyl (C=O) groups excluding carboxylic acids is 1. The van der Waals surface area contributed by atoms with Gasteiger partial charge in [-0.3, -0.25) is 4.79 Å². The Labute approximate surface area is 169 Å². The molecule has 1 aromatic carbocycles. The van der Waals surface area contributed by atoms with Gasteiger partial charge in [-0.2, -0.15) is 0 Å². The average molecular weight is 418 g/mol. The molecule has 0 bridgehead atoms. The number of benzene rings is 1. The summed E-state index contributed by atoms with van der Waals surface area (Å²) >= 11 is 0. The van der Waals surface area contributed by atoms with Gasteiger partial charge in [0.15, 0.2) is 0 Å². The van der Waals surface area contributed by atoms with Crippen LogP contribution in [0.15, 0.2) is 30.3 Å². The number of nitrogens with zero attached hydrogens (tertiary/aromatic N) is 2. The third-order valence-corrected chi connectivity index (χ3v) is 5.78. The molecule has 0 spiro atoms. The Kier molecular flexibility index (Phi) is 10.3. The molecule has 154 valence electrons. The highest BCUT2D eigenvalue weighted by Gasteiger charge is 2.24. The second-order valence-electron chi connectivity index (χ2n) is 7.13. The van der Waals surface area contributed by atoms with Gasteiger partial charge in [0.1, 0.15) is 9.84 Å². The fourth-order valence-electron chi connectivity index (χ4n) is 3.27. The zero-order valence-electron chi connectivity index (χ0n) is 16.0. The third-order valence-electron chi connectivity index (χ3n) is 4.80. The van der Waals surface area contributed by atoms with Crippen LogP contribution < -0.4 is 5.73 Å². The highest BCUT2D eigenvalue weighted by Crippen LogP contribution is 2.09. The van der Waals surface area contributed by atoms with Crippen molar-refractivity contribution in [2.75, 3.05) is 44.7 Å². The number of carbonyl (C=O) groups is 1. The van der Waals surface area contributed by atoms with Gasteiger partial charge in [0.05, 0.1) is 11.8 Å². The van der Waals surface area contributed by atoms with Crippen molar-refractivity contribution in [1.29, 1.82) is 0 Å². The van der Waals surface area contributed by atoms with Gasteiger partial charge >= 0.3 is 0 Å². The van der Waals surface area contributed by atoms with Crippen molar-refractivity contribution in [2.45, 2.75) is 31.7 Å². The molecule has 1 fully saturated rings. The topological polar surface area (TPSA) is 83.7 Å². The summed E-state index contributed by atoms with van der Waals surface area (Å²) in [6.07, 6.45) is 4.45. The SMILES string of the molecule is CS(=O)(=O)CCC(N)C(=O)N1CCCN(CCCc2ccccc2)CC1.Cl. The largest absolute Gasteiger partial charge is 0.340 e. The van der Waals surface area contributed by atoms with E-state index in [-0.39, 0.29) is 30.5 Å². The smallest absolute Gasteiger partial charge is 0.239 e. The monoisotopic (exact) mass is 417 g/mol. The first-order chi connectivity index (χ1) is 12.3. The summed E-state index contributed by atoms with van der Waals surface area (Å²) in [7, 11) is -3.09. The number of aryl methyl sites for hydroxylation is 1. The molecule has 27 heavy (non-hydrogen) atoms. The van der Waals surface area contributed by atoms with Crippen LogP contribution in [0.25, 0.3) is 0 Å². The Hall–Kier alpha value is -1.15. The van der Waals surface area contributed by atoms with E-state index in [2.05, 4.69) is 29.2 Å². The molecule has 1 aromatic rings. The Morgan fingerprint density at radius 1 is 1.15 bits per heavy atom. The first kappa shape index (κ1) is 23.9. The van der Waals surface area contributed by atoms with Crippen molar-refractivity contribution in [1.82, 2.24) is 9.80 Å². The molecule has 1 aliphatic heterocycles. The number of hydrogen-bond donors (Lipinski definition) is 1. The van der Waals surface area contributed by atoms with Crippen molar-refractivity contribution >= 4 is 28.2 Å². The molecular weight excluding hydrogens is 386 g/mol. The Morgan fingerprint density at radius 2 is 1.85 bits per heavy atom. The van der Waals surface area contributed by atoms with Gasteiger partial charge in [0, 0.05) is 25.9 Å². The highest BCUT2D eigenvalue weighted by molar-refractivity contribution is 7.90. The van der Waals surface area contributed by atoms with Gasteiger partial charge in [-0.25, -0.2) is 8.42 Å². The van der Waals surface area contributed by atoms with E-state index < -0.39 is 15.9 Å². The third kappa shape index (κ3) is 9.06. The Balaban J connectivity index is 0.00000364. The molecule has 1 amide bonds. The van der Waals surface area contributed by atoms with Gasteiger partial charge in [-0.1, -0.05) is 30.3 Å². The average Bonchev–Trinajstić information content (AvgIpc) is 2.85. The molecule has 0 radical (unpaired) electrons. The van der Waals surface area contributed by atoms with Crippen LogP contribution in [0.1, 0.15) is 24.8 Å². The predicted molar refractivity (Wildman–Crippen MR) is 112 cm³/mol. The summed E-state index contributed by atoms with van der Waals surface area (Å²) in [4.78, 5) is 16.7. The van der Waals surface area contributed by atoms with Gasteiger partial charge in [-0.05, 0) is 44.3 Å². The fraction of sp³-hybridized carbons (Fsp3) is 0.632. The molecule has 2 N–H and O–H groups in total. The molecule has 6 nitrogen and oxygen atoms in total. The van der Waals surface area contributed by atoms with Crippen LogP contribution in [0.3, 0.4) is 0 Å². The molecule has 1 heterocycles. The molecule has 1 saturated heterocycles. The highest BCUT2D eigenvalue weighted by atomic mass is 35.5. The maximum Gasteiger partial charge on any atom is 0.239 e. The molecule has 2 rings (SSSR count). The summed E-state index contributed by atoms with van der Waals surface area (Å²) in [6.45, 7) is 4.21. The number of nitrogens with two attached hydrogens (primary N) is 1. The Bertz CT molecular complexity index is 670. The van der Waals surface area contributed by atoms with Gasteiger partial charge in [0.25, 0.3) is 0 Å². The molecule has 1 aliphatic rings. The van der Waals surface area contributed by atoms with E-state index in [0.29, 0.717) is 13.1 Å². The van der Waals surface area contributed by atoms with E-state index >= 15 is 0 Å². The molecule has 8 heteroatoms. The molecule has 1 unspecified atom stereocenters. The van der Waals surface area contributed by atoms with Crippen molar-refractivity contribution in [3.63, 3.8) is 0 Å². The van der Waals surface area contributed by atoms with Crippen LogP contribution >= 0.6 is 12.4 Å². The fourth-order valence-corrected chi connectivity index (χ4v) is 3.95. The molecule has 0 aromatic heterocycles. The quantitative estimate of drug-likeness (QED) is 0.690. The standard InChI is InChI=1S/C19H31N3O3S.ClH/c1-26(24,25)16-10-18(20)19(23)22-13-6-12-21(14-15-22)11-5-9-17-7-3-2-4-8-17;/h2-4,7-8,18H,5-6,9-16,20H2,1H3;1H. The summed E-state index contributed by atoms with van der Waals surface area (Å²) in [5.74, 6) is -0.168. The minimum absolute atomic E-state index is 0. The molecule has 0 aliphatic carbocycles. The second-order valence-corrected chi connectivity index (χ2v) is 9.39. The van der Waals surface area contributed by atoms with Gasteiger partial charge < -0.3 is 15.5 Å². The van der Waals surface area contributed by atoms with E-state index in [1.165, 1.54) is 11.8 Å². The summed E-state index contributed by atoms with van der Waals surface area (Å²) in [6, 6.07) is 9.75. The number of halogens is 1. The lowest BCUT2D eigenvalue weighted by Gasteiger charge is -2.24. The zero-order valence-corrected chi connectivity index (χ0v) is 17.7. The van der Waals surface area contributed by atoms with E-state index in [0.717, 1.165) is 38.9 Å². The van der Waals surface area contributed by atoms with Crippen molar-refractivity contribution in [3.8, 4) is 0 Å². The zero-order chi connectivity index (χ0) is 19.0. The predicted octanol–water partition coefficient (Wildman–Crippen LogP) is 1.34. The first-order valence-electron chi connectivity index (χ1n) is 9.33. The van der Waals surface area contributed by atoms with Gasteiger partial charge in [-0.15, -0.1) is 12.4 Å². The lowest BCUT2D eigenvalue weighted by Crippen LogP contribution is -2.46. The van der Waals surface area contributed by atoms with Crippen molar-refractivity contribution in [2.24, 2.45) is 5.73 Å². The molecule has 0 saturated carbocycles. The van der Waals surface area contributed by atoms with E-state index in [1.54, 1.807) is 4.90 Å². The summed E-state index contributed by atoms with van der Waals surface area (Å²) in [5.41, 5.74) is 7.27. The molecule has 1 atom stereocenters. The van der Waals surface area contributed by atoms with Crippen LogP contribution in [-0.2, 0) is 21.1 Å². The lowest BCUT2D eigenvalue weighted by molar-refractivity contribution is -0.132. The van der Waals surface area contributed by atoms with Crippen molar-refractivity contribution < 1.29 is 13.2 Å². The van der Waals surface area contributed by atoms with Crippen LogP contribution in [0.4, 0.5) is 0 Å². The summed E-state index contributed by atoms with van der Waals surface area (Å²) < 4.78 is 22.5.